The number of methoxy groups -OCH3 is 1. The summed E-state index contributed by atoms with van der Waals surface area (Å²) in [7, 11) is 1.70. The number of thiazole rings is 1. The molecule has 0 unspecified atom stereocenters. The molecule has 30 heavy (non-hydrogen) atoms. The quantitative estimate of drug-likeness (QED) is 0.482. The smallest absolute Gasteiger partial charge is 0.178 e. The Labute approximate surface area is 179 Å². The predicted octanol–water partition coefficient (Wildman–Crippen LogP) is 4.20. The highest BCUT2D eigenvalue weighted by Crippen LogP contribution is 2.36. The van der Waals surface area contributed by atoms with E-state index in [1.165, 1.54) is 5.01 Å². The second-order valence-corrected chi connectivity index (χ2v) is 8.35. The van der Waals surface area contributed by atoms with Crippen molar-refractivity contribution < 1.29 is 4.74 Å². The van der Waals surface area contributed by atoms with Gasteiger partial charge in [0.25, 0.3) is 0 Å². The summed E-state index contributed by atoms with van der Waals surface area (Å²) in [6, 6.07) is 12.1. The van der Waals surface area contributed by atoms with E-state index >= 15 is 0 Å². The Bertz CT molecular complexity index is 1160. The van der Waals surface area contributed by atoms with E-state index in [0.717, 1.165) is 66.6 Å². The first kappa shape index (κ1) is 19.0. The summed E-state index contributed by atoms with van der Waals surface area (Å²) in [6.45, 7) is 4.01. The second-order valence-electron chi connectivity index (χ2n) is 7.46. The third-order valence-electron chi connectivity index (χ3n) is 5.70. The van der Waals surface area contributed by atoms with Gasteiger partial charge in [0.15, 0.2) is 11.5 Å². The van der Waals surface area contributed by atoms with Crippen molar-refractivity contribution in [2.45, 2.75) is 32.1 Å². The van der Waals surface area contributed by atoms with Crippen LogP contribution in [0, 0.1) is 0 Å². The summed E-state index contributed by atoms with van der Waals surface area (Å²) < 4.78 is 7.36. The molecule has 0 amide bonds. The Balaban J connectivity index is 1.30. The van der Waals surface area contributed by atoms with E-state index < -0.39 is 0 Å². The minimum Gasteiger partial charge on any atom is -0.496 e. The fourth-order valence-electron chi connectivity index (χ4n) is 4.02. The molecule has 1 aliphatic rings. The number of aryl methyl sites for hydroxylation is 1. The van der Waals surface area contributed by atoms with Crippen molar-refractivity contribution in [3.05, 3.63) is 52.6 Å². The van der Waals surface area contributed by atoms with E-state index in [2.05, 4.69) is 33.5 Å². The molecule has 0 radical (unpaired) electrons. The van der Waals surface area contributed by atoms with Crippen LogP contribution in [0.15, 0.2) is 41.8 Å². The number of hydrogen-bond acceptors (Lipinski definition) is 7. The first-order valence-electron chi connectivity index (χ1n) is 10.3. The van der Waals surface area contributed by atoms with Crippen molar-refractivity contribution in [3.8, 4) is 17.0 Å². The normalized spacial score (nSPS) is 15.1. The van der Waals surface area contributed by atoms with Crippen LogP contribution < -0.4 is 9.64 Å². The van der Waals surface area contributed by atoms with Gasteiger partial charge in [-0.3, -0.25) is 0 Å². The summed E-state index contributed by atoms with van der Waals surface area (Å²) in [4.78, 5) is 7.30. The number of aromatic nitrogens is 5. The van der Waals surface area contributed by atoms with Gasteiger partial charge in [0.2, 0.25) is 0 Å². The van der Waals surface area contributed by atoms with Crippen LogP contribution >= 0.6 is 11.3 Å². The highest BCUT2D eigenvalue weighted by Gasteiger charge is 2.25. The van der Waals surface area contributed by atoms with Crippen LogP contribution in [0.1, 0.15) is 36.5 Å². The first-order chi connectivity index (χ1) is 14.8. The number of piperidine rings is 1. The molecule has 0 N–H and O–H groups in total. The van der Waals surface area contributed by atoms with Crippen molar-refractivity contribution in [2.75, 3.05) is 25.1 Å². The lowest BCUT2D eigenvalue weighted by Gasteiger charge is -2.31. The van der Waals surface area contributed by atoms with Crippen molar-refractivity contribution in [3.63, 3.8) is 0 Å². The largest absolute Gasteiger partial charge is 0.496 e. The second kappa shape index (κ2) is 8.02. The number of rotatable bonds is 5. The number of anilines is 1. The van der Waals surface area contributed by atoms with Crippen molar-refractivity contribution in [1.29, 1.82) is 0 Å². The summed E-state index contributed by atoms with van der Waals surface area (Å²) in [6.07, 6.45) is 2.96. The molecule has 4 heterocycles. The number of ether oxygens (including phenoxy) is 1. The van der Waals surface area contributed by atoms with Gasteiger partial charge in [0.1, 0.15) is 11.6 Å². The molecule has 5 rings (SSSR count). The fraction of sp³-hybridized carbons (Fsp3) is 0.364. The number of hydrogen-bond donors (Lipinski definition) is 0. The van der Waals surface area contributed by atoms with Gasteiger partial charge in [-0.25, -0.2) is 4.98 Å². The van der Waals surface area contributed by atoms with Crippen LogP contribution in [-0.2, 0) is 6.42 Å². The monoisotopic (exact) mass is 420 g/mol. The number of fused-ring (bicyclic) bond motifs is 1. The predicted molar refractivity (Wildman–Crippen MR) is 118 cm³/mol. The average molecular weight is 421 g/mol. The molecule has 7 nitrogen and oxygen atoms in total. The Kier molecular flexibility index (Phi) is 5.08. The zero-order valence-electron chi connectivity index (χ0n) is 17.2. The Morgan fingerprint density at radius 2 is 1.93 bits per heavy atom. The Hall–Kier alpha value is -3.00. The van der Waals surface area contributed by atoms with Crippen LogP contribution in [0.25, 0.3) is 16.9 Å². The third-order valence-corrected chi connectivity index (χ3v) is 6.71. The zero-order valence-corrected chi connectivity index (χ0v) is 18.0. The molecule has 1 saturated heterocycles. The van der Waals surface area contributed by atoms with Crippen LogP contribution in [0.2, 0.25) is 0 Å². The summed E-state index contributed by atoms with van der Waals surface area (Å²) >= 11 is 1.75. The Morgan fingerprint density at radius 1 is 1.10 bits per heavy atom. The molecule has 0 atom stereocenters. The van der Waals surface area contributed by atoms with Gasteiger partial charge in [0.05, 0.1) is 17.8 Å². The molecule has 0 spiro atoms. The van der Waals surface area contributed by atoms with Crippen LogP contribution in [0.3, 0.4) is 0 Å². The molecule has 0 saturated carbocycles. The minimum atomic E-state index is 0.486. The maximum atomic E-state index is 5.50. The maximum Gasteiger partial charge on any atom is 0.178 e. The number of para-hydroxylation sites is 1. The van der Waals surface area contributed by atoms with Gasteiger partial charge >= 0.3 is 0 Å². The standard InChI is InChI=1S/C22H24N6OS/c1-3-19-24-25-20-8-9-21(26-28(19)20)27-12-10-15(11-13-27)22-23-17(14-30-22)16-6-4-5-7-18(16)29-2/h4-9,14-15H,3,10-13H2,1-2H3. The summed E-state index contributed by atoms with van der Waals surface area (Å²) in [5, 5.41) is 16.5. The molecule has 1 aromatic carbocycles. The van der Waals surface area contributed by atoms with Gasteiger partial charge < -0.3 is 9.64 Å². The average Bonchev–Trinajstić information content (AvgIpc) is 3.46. The maximum absolute atomic E-state index is 5.50. The Morgan fingerprint density at radius 3 is 2.73 bits per heavy atom. The molecular formula is C22H24N6OS. The van der Waals surface area contributed by atoms with Crippen molar-refractivity contribution in [1.82, 2.24) is 24.8 Å². The lowest BCUT2D eigenvalue weighted by atomic mass is 9.97. The van der Waals surface area contributed by atoms with Crippen molar-refractivity contribution >= 4 is 22.8 Å². The molecule has 4 aromatic rings. The van der Waals surface area contributed by atoms with Crippen LogP contribution in [-0.4, -0.2) is 45.0 Å². The molecule has 8 heteroatoms. The van der Waals surface area contributed by atoms with Gasteiger partial charge in [0, 0.05) is 36.4 Å². The molecule has 1 fully saturated rings. The topological polar surface area (TPSA) is 68.4 Å². The molecule has 154 valence electrons. The van der Waals surface area contributed by atoms with Crippen LogP contribution in [0.5, 0.6) is 5.75 Å². The lowest BCUT2D eigenvalue weighted by molar-refractivity contribution is 0.416. The summed E-state index contributed by atoms with van der Waals surface area (Å²) in [5.41, 5.74) is 2.86. The zero-order chi connectivity index (χ0) is 20.5. The molecule has 0 aliphatic carbocycles. The lowest BCUT2D eigenvalue weighted by Crippen LogP contribution is -2.33. The molecule has 3 aromatic heterocycles. The first-order valence-corrected chi connectivity index (χ1v) is 11.2. The minimum absolute atomic E-state index is 0.486. The van der Waals surface area contributed by atoms with Gasteiger partial charge in [-0.1, -0.05) is 19.1 Å². The molecule has 0 bridgehead atoms. The molecule has 1 aliphatic heterocycles. The van der Waals surface area contributed by atoms with E-state index in [1.807, 2.05) is 34.8 Å². The SMILES string of the molecule is CCc1nnc2ccc(N3CCC(c4nc(-c5ccccc5OC)cs4)CC3)nn12. The van der Waals surface area contributed by atoms with E-state index in [9.17, 15) is 0 Å². The van der Waals surface area contributed by atoms with Gasteiger partial charge in [-0.2, -0.15) is 4.52 Å². The van der Waals surface area contributed by atoms with E-state index in [-0.39, 0.29) is 0 Å². The summed E-state index contributed by atoms with van der Waals surface area (Å²) in [5.74, 6) is 3.24. The van der Waals surface area contributed by atoms with Gasteiger partial charge in [-0.05, 0) is 37.1 Å². The van der Waals surface area contributed by atoms with Crippen molar-refractivity contribution in [2.24, 2.45) is 0 Å². The number of nitrogens with zero attached hydrogens (tertiary/aromatic N) is 6. The third kappa shape index (κ3) is 3.41. The molecular weight excluding hydrogens is 396 g/mol. The van der Waals surface area contributed by atoms with E-state index in [4.69, 9.17) is 14.8 Å². The van der Waals surface area contributed by atoms with E-state index in [1.54, 1.807) is 18.4 Å². The van der Waals surface area contributed by atoms with E-state index in [0.29, 0.717) is 5.92 Å². The number of benzene rings is 1. The van der Waals surface area contributed by atoms with Crippen LogP contribution in [0.4, 0.5) is 5.82 Å². The van der Waals surface area contributed by atoms with Gasteiger partial charge in [-0.15, -0.1) is 26.6 Å². The fourth-order valence-corrected chi connectivity index (χ4v) is 5.01. The highest BCUT2D eigenvalue weighted by molar-refractivity contribution is 7.10. The highest BCUT2D eigenvalue weighted by atomic mass is 32.1.